The first-order chi connectivity index (χ1) is 5.75. The van der Waals surface area contributed by atoms with Crippen molar-refractivity contribution in [2.45, 2.75) is 26.3 Å². The van der Waals surface area contributed by atoms with Crippen molar-refractivity contribution in [2.75, 3.05) is 32.7 Å². The number of piperazine rings is 1. The van der Waals surface area contributed by atoms with Gasteiger partial charge in [-0.3, -0.25) is 4.90 Å². The van der Waals surface area contributed by atoms with Crippen molar-refractivity contribution in [1.29, 1.82) is 0 Å². The Hall–Kier alpha value is -0.0800. The zero-order valence-electron chi connectivity index (χ0n) is 8.29. The minimum absolute atomic E-state index is 0.831. The lowest BCUT2D eigenvalue weighted by Gasteiger charge is -2.35. The van der Waals surface area contributed by atoms with Crippen molar-refractivity contribution in [3.63, 3.8) is 0 Å². The van der Waals surface area contributed by atoms with Crippen LogP contribution >= 0.6 is 0 Å². The van der Waals surface area contributed by atoms with Crippen molar-refractivity contribution in [3.05, 3.63) is 0 Å². The summed E-state index contributed by atoms with van der Waals surface area (Å²) in [6, 6.07) is 0.890. The Labute approximate surface area is 75.5 Å². The van der Waals surface area contributed by atoms with Gasteiger partial charge in [-0.15, -0.1) is 0 Å². The van der Waals surface area contributed by atoms with Crippen LogP contribution in [0.2, 0.25) is 0 Å². The molecule has 0 amide bonds. The summed E-state index contributed by atoms with van der Waals surface area (Å²) in [5, 5.41) is 0. The molecule has 2 heteroatoms. The normalized spacial score (nSPS) is 36.2. The molecule has 2 aliphatic rings. The molecule has 12 heavy (non-hydrogen) atoms. The molecule has 0 aliphatic carbocycles. The van der Waals surface area contributed by atoms with Crippen LogP contribution in [0.15, 0.2) is 0 Å². The lowest BCUT2D eigenvalue weighted by molar-refractivity contribution is 0.122. The van der Waals surface area contributed by atoms with E-state index in [-0.39, 0.29) is 0 Å². The number of rotatable bonds is 2. The third-order valence-electron chi connectivity index (χ3n) is 3.07. The Bertz CT molecular complexity index is 156. The first-order valence-corrected chi connectivity index (χ1v) is 5.22. The fraction of sp³-hybridized carbons (Fsp3) is 1.00. The lowest BCUT2D eigenvalue weighted by Crippen LogP contribution is -2.47. The van der Waals surface area contributed by atoms with E-state index in [4.69, 9.17) is 0 Å². The highest BCUT2D eigenvalue weighted by Gasteiger charge is 2.32. The molecule has 2 fully saturated rings. The molecule has 0 aromatic heterocycles. The second kappa shape index (κ2) is 3.35. The Morgan fingerprint density at radius 3 is 2.83 bits per heavy atom. The maximum Gasteiger partial charge on any atom is 0.0236 e. The van der Waals surface area contributed by atoms with E-state index in [1.54, 1.807) is 0 Å². The van der Waals surface area contributed by atoms with Gasteiger partial charge in [-0.25, -0.2) is 0 Å². The lowest BCUT2D eigenvalue weighted by atomic mass is 10.1. The van der Waals surface area contributed by atoms with Gasteiger partial charge in [-0.1, -0.05) is 13.8 Å². The highest BCUT2D eigenvalue weighted by molar-refractivity contribution is 4.88. The second-order valence-electron chi connectivity index (χ2n) is 4.63. The van der Waals surface area contributed by atoms with Gasteiger partial charge in [0.2, 0.25) is 0 Å². The van der Waals surface area contributed by atoms with Gasteiger partial charge in [0.05, 0.1) is 0 Å². The molecule has 0 N–H and O–H groups in total. The van der Waals surface area contributed by atoms with Gasteiger partial charge in [-0.05, 0) is 18.9 Å². The maximum absolute atomic E-state index is 2.69. The van der Waals surface area contributed by atoms with E-state index in [9.17, 15) is 0 Å². The van der Waals surface area contributed by atoms with Crippen LogP contribution in [-0.2, 0) is 0 Å². The molecule has 0 aromatic rings. The van der Waals surface area contributed by atoms with E-state index in [2.05, 4.69) is 23.6 Å². The Morgan fingerprint density at radius 1 is 1.25 bits per heavy atom. The first-order valence-electron chi connectivity index (χ1n) is 5.22. The van der Waals surface area contributed by atoms with Crippen LogP contribution in [-0.4, -0.2) is 48.6 Å². The number of nitrogens with zero attached hydrogens (tertiary/aromatic N) is 2. The average molecular weight is 168 g/mol. The van der Waals surface area contributed by atoms with Gasteiger partial charge in [-0.2, -0.15) is 0 Å². The van der Waals surface area contributed by atoms with Gasteiger partial charge in [0.15, 0.2) is 0 Å². The van der Waals surface area contributed by atoms with Crippen LogP contribution in [0.5, 0.6) is 0 Å². The van der Waals surface area contributed by atoms with Crippen molar-refractivity contribution in [3.8, 4) is 0 Å². The number of fused-ring (bicyclic) bond motifs is 2. The molecule has 2 rings (SSSR count). The molecule has 0 radical (unpaired) electrons. The van der Waals surface area contributed by atoms with E-state index in [1.165, 1.54) is 39.1 Å². The van der Waals surface area contributed by atoms with Gasteiger partial charge in [0.25, 0.3) is 0 Å². The average Bonchev–Trinajstić information content (AvgIpc) is 2.39. The number of hydrogen-bond acceptors (Lipinski definition) is 2. The summed E-state index contributed by atoms with van der Waals surface area (Å²) in [6.45, 7) is 11.2. The predicted octanol–water partition coefficient (Wildman–Crippen LogP) is 1.03. The Kier molecular flexibility index (Phi) is 2.37. The van der Waals surface area contributed by atoms with Crippen molar-refractivity contribution >= 4 is 0 Å². The highest BCUT2D eigenvalue weighted by Crippen LogP contribution is 2.20. The summed E-state index contributed by atoms with van der Waals surface area (Å²) < 4.78 is 0. The quantitative estimate of drug-likeness (QED) is 0.607. The fourth-order valence-corrected chi connectivity index (χ4v) is 2.48. The van der Waals surface area contributed by atoms with E-state index in [0.29, 0.717) is 0 Å². The van der Waals surface area contributed by atoms with Gasteiger partial charge < -0.3 is 4.90 Å². The SMILES string of the molecule is CC(C)CN1CCN2CCC1C2. The van der Waals surface area contributed by atoms with Crippen LogP contribution in [0, 0.1) is 5.92 Å². The van der Waals surface area contributed by atoms with Crippen LogP contribution in [0.4, 0.5) is 0 Å². The molecule has 0 saturated carbocycles. The maximum atomic E-state index is 2.69. The zero-order chi connectivity index (χ0) is 8.55. The molecule has 2 heterocycles. The van der Waals surface area contributed by atoms with Crippen LogP contribution < -0.4 is 0 Å². The van der Waals surface area contributed by atoms with E-state index in [1.807, 2.05) is 0 Å². The van der Waals surface area contributed by atoms with Crippen LogP contribution in [0.25, 0.3) is 0 Å². The van der Waals surface area contributed by atoms with Crippen LogP contribution in [0.1, 0.15) is 20.3 Å². The predicted molar refractivity (Wildman–Crippen MR) is 51.3 cm³/mol. The Balaban J connectivity index is 1.89. The van der Waals surface area contributed by atoms with E-state index < -0.39 is 0 Å². The summed E-state index contributed by atoms with van der Waals surface area (Å²) in [5.41, 5.74) is 0. The molecule has 0 aromatic carbocycles. The van der Waals surface area contributed by atoms with Crippen molar-refractivity contribution in [2.24, 2.45) is 5.92 Å². The molecule has 2 aliphatic heterocycles. The van der Waals surface area contributed by atoms with Crippen molar-refractivity contribution < 1.29 is 0 Å². The molecular weight excluding hydrogens is 148 g/mol. The molecule has 70 valence electrons. The van der Waals surface area contributed by atoms with Gasteiger partial charge in [0, 0.05) is 32.2 Å². The minimum atomic E-state index is 0.831. The molecule has 2 nitrogen and oxygen atoms in total. The fourth-order valence-electron chi connectivity index (χ4n) is 2.48. The zero-order valence-corrected chi connectivity index (χ0v) is 8.29. The second-order valence-corrected chi connectivity index (χ2v) is 4.63. The first kappa shape index (κ1) is 8.52. The minimum Gasteiger partial charge on any atom is -0.300 e. The van der Waals surface area contributed by atoms with Crippen molar-refractivity contribution in [1.82, 2.24) is 9.80 Å². The highest BCUT2D eigenvalue weighted by atomic mass is 15.3. The third-order valence-corrected chi connectivity index (χ3v) is 3.07. The summed E-state index contributed by atoms with van der Waals surface area (Å²) in [7, 11) is 0. The standard InChI is InChI=1S/C10H20N2/c1-9(2)7-12-6-5-11-4-3-10(12)8-11/h9-10H,3-8H2,1-2H3. The summed E-state index contributed by atoms with van der Waals surface area (Å²) in [4.78, 5) is 5.29. The Morgan fingerprint density at radius 2 is 2.08 bits per heavy atom. The summed E-state index contributed by atoms with van der Waals surface area (Å²) >= 11 is 0. The monoisotopic (exact) mass is 168 g/mol. The van der Waals surface area contributed by atoms with Crippen LogP contribution in [0.3, 0.4) is 0 Å². The third kappa shape index (κ3) is 1.64. The summed E-state index contributed by atoms with van der Waals surface area (Å²) in [5.74, 6) is 0.831. The van der Waals surface area contributed by atoms with Gasteiger partial charge in [0.1, 0.15) is 0 Å². The molecule has 2 atom stereocenters. The molecule has 0 spiro atoms. The molecule has 2 unspecified atom stereocenters. The smallest absolute Gasteiger partial charge is 0.0236 e. The molecule has 2 saturated heterocycles. The molecular formula is C10H20N2. The van der Waals surface area contributed by atoms with E-state index >= 15 is 0 Å². The van der Waals surface area contributed by atoms with E-state index in [0.717, 1.165) is 12.0 Å². The number of hydrogen-bond donors (Lipinski definition) is 0. The van der Waals surface area contributed by atoms with Gasteiger partial charge >= 0.3 is 0 Å². The summed E-state index contributed by atoms with van der Waals surface area (Å²) in [6.07, 6.45) is 1.41. The largest absolute Gasteiger partial charge is 0.300 e. The topological polar surface area (TPSA) is 6.48 Å². The molecule has 2 bridgehead atoms.